The van der Waals surface area contributed by atoms with Gasteiger partial charge < -0.3 is 20.6 Å². The molecule has 8 heteroatoms. The van der Waals surface area contributed by atoms with Gasteiger partial charge in [-0.05, 0) is 42.8 Å². The zero-order valence-electron chi connectivity index (χ0n) is 15.5. The van der Waals surface area contributed by atoms with Crippen molar-refractivity contribution in [2.75, 3.05) is 35.2 Å². The van der Waals surface area contributed by atoms with E-state index in [1.165, 1.54) is 0 Å². The first kappa shape index (κ1) is 19.8. The minimum absolute atomic E-state index is 0.0492. The number of nitrogens with zero attached hydrogens (tertiary/aromatic N) is 2. The Kier molecular flexibility index (Phi) is 5.76. The van der Waals surface area contributed by atoms with E-state index in [9.17, 15) is 9.90 Å². The van der Waals surface area contributed by atoms with Gasteiger partial charge in [0, 0.05) is 18.5 Å². The summed E-state index contributed by atoms with van der Waals surface area (Å²) in [6, 6.07) is 14.6. The van der Waals surface area contributed by atoms with Gasteiger partial charge in [0.1, 0.15) is 5.82 Å². The van der Waals surface area contributed by atoms with Crippen molar-refractivity contribution in [2.45, 2.75) is 12.5 Å². The summed E-state index contributed by atoms with van der Waals surface area (Å²) in [7, 11) is 0. The van der Waals surface area contributed by atoms with E-state index in [0.29, 0.717) is 28.0 Å². The van der Waals surface area contributed by atoms with Crippen LogP contribution in [0, 0.1) is 0 Å². The predicted molar refractivity (Wildman–Crippen MR) is 118 cm³/mol. The standard InChI is InChI=1S/C21H20Cl2N4O2/c22-15-3-1-2-4-18(15)24-11-20(29)26-21-14-5-8-19(27-10-9-13(28)12-27)25-17(14)7-6-16(21)23/h1-8,13,24,28H,9-12H2,(H,26,29). The van der Waals surface area contributed by atoms with Crippen LogP contribution in [0.3, 0.4) is 0 Å². The monoisotopic (exact) mass is 430 g/mol. The van der Waals surface area contributed by atoms with E-state index < -0.39 is 0 Å². The molecule has 1 fully saturated rings. The van der Waals surface area contributed by atoms with Gasteiger partial charge in [-0.3, -0.25) is 4.79 Å². The lowest BCUT2D eigenvalue weighted by molar-refractivity contribution is -0.114. The Hall–Kier alpha value is -2.54. The van der Waals surface area contributed by atoms with Gasteiger partial charge in [0.2, 0.25) is 5.91 Å². The van der Waals surface area contributed by atoms with E-state index in [2.05, 4.69) is 15.6 Å². The lowest BCUT2D eigenvalue weighted by Crippen LogP contribution is -2.23. The molecule has 1 unspecified atom stereocenters. The minimum Gasteiger partial charge on any atom is -0.391 e. The van der Waals surface area contributed by atoms with Gasteiger partial charge >= 0.3 is 0 Å². The molecule has 1 amide bonds. The number of fused-ring (bicyclic) bond motifs is 1. The summed E-state index contributed by atoms with van der Waals surface area (Å²) >= 11 is 12.5. The third kappa shape index (κ3) is 4.40. The first-order valence-electron chi connectivity index (χ1n) is 9.32. The Morgan fingerprint density at radius 3 is 2.72 bits per heavy atom. The molecule has 6 nitrogen and oxygen atoms in total. The first-order valence-corrected chi connectivity index (χ1v) is 10.1. The summed E-state index contributed by atoms with van der Waals surface area (Å²) in [5.41, 5.74) is 1.94. The zero-order valence-corrected chi connectivity index (χ0v) is 17.0. The number of rotatable bonds is 5. The third-order valence-corrected chi connectivity index (χ3v) is 5.52. The van der Waals surface area contributed by atoms with Gasteiger partial charge in [-0.1, -0.05) is 35.3 Å². The van der Waals surface area contributed by atoms with Crippen molar-refractivity contribution in [2.24, 2.45) is 0 Å². The number of anilines is 3. The van der Waals surface area contributed by atoms with Crippen LogP contribution in [0.15, 0.2) is 48.5 Å². The molecular weight excluding hydrogens is 411 g/mol. The molecular formula is C21H20Cl2N4O2. The summed E-state index contributed by atoms with van der Waals surface area (Å²) in [5.74, 6) is 0.556. The van der Waals surface area contributed by atoms with Gasteiger partial charge in [-0.25, -0.2) is 4.98 Å². The highest BCUT2D eigenvalue weighted by Crippen LogP contribution is 2.32. The molecule has 1 aliphatic rings. The molecule has 0 spiro atoms. The molecule has 150 valence electrons. The Morgan fingerprint density at radius 1 is 1.14 bits per heavy atom. The van der Waals surface area contributed by atoms with E-state index in [-0.39, 0.29) is 18.6 Å². The Morgan fingerprint density at radius 2 is 1.97 bits per heavy atom. The van der Waals surface area contributed by atoms with E-state index in [4.69, 9.17) is 23.2 Å². The number of aromatic nitrogens is 1. The molecule has 1 aliphatic heterocycles. The van der Waals surface area contributed by atoms with Crippen molar-refractivity contribution in [1.82, 2.24) is 4.98 Å². The molecule has 3 N–H and O–H groups in total. The topological polar surface area (TPSA) is 77.5 Å². The van der Waals surface area contributed by atoms with E-state index in [1.54, 1.807) is 18.2 Å². The number of aliphatic hydroxyl groups is 1. The molecule has 1 atom stereocenters. The summed E-state index contributed by atoms with van der Waals surface area (Å²) in [6.45, 7) is 1.39. The fraction of sp³-hybridized carbons (Fsp3) is 0.238. The molecule has 0 aliphatic carbocycles. The highest BCUT2D eigenvalue weighted by Gasteiger charge is 2.22. The number of aliphatic hydroxyl groups excluding tert-OH is 1. The smallest absolute Gasteiger partial charge is 0.243 e. The fourth-order valence-electron chi connectivity index (χ4n) is 3.38. The average molecular weight is 431 g/mol. The minimum atomic E-state index is -0.321. The summed E-state index contributed by atoms with van der Waals surface area (Å²) in [6.07, 6.45) is 0.415. The molecule has 3 aromatic rings. The number of nitrogens with one attached hydrogen (secondary N) is 2. The van der Waals surface area contributed by atoms with Gasteiger partial charge in [-0.15, -0.1) is 0 Å². The number of benzene rings is 2. The van der Waals surface area contributed by atoms with Crippen LogP contribution in [-0.4, -0.2) is 41.7 Å². The Balaban J connectivity index is 1.52. The van der Waals surface area contributed by atoms with Crippen LogP contribution in [0.4, 0.5) is 17.2 Å². The van der Waals surface area contributed by atoms with Crippen molar-refractivity contribution < 1.29 is 9.90 Å². The van der Waals surface area contributed by atoms with Gasteiger partial charge in [0.25, 0.3) is 0 Å². The number of hydrogen-bond acceptors (Lipinski definition) is 5. The SMILES string of the molecule is O=C(CNc1ccccc1Cl)Nc1c(Cl)ccc2nc(N3CCC(O)C3)ccc12. The molecule has 4 rings (SSSR count). The summed E-state index contributed by atoms with van der Waals surface area (Å²) in [4.78, 5) is 19.2. The lowest BCUT2D eigenvalue weighted by Gasteiger charge is -2.18. The first-order chi connectivity index (χ1) is 14.0. The molecule has 1 aromatic heterocycles. The van der Waals surface area contributed by atoms with Crippen LogP contribution in [0.5, 0.6) is 0 Å². The van der Waals surface area contributed by atoms with Crippen LogP contribution in [0.25, 0.3) is 10.9 Å². The van der Waals surface area contributed by atoms with Crippen molar-refractivity contribution in [3.05, 3.63) is 58.6 Å². The number of β-amino-alcohol motifs (C(OH)–C–C–N with tert-alkyl or cyclic N) is 1. The van der Waals surface area contributed by atoms with Crippen molar-refractivity contribution in [1.29, 1.82) is 0 Å². The van der Waals surface area contributed by atoms with Crippen LogP contribution in [-0.2, 0) is 4.79 Å². The maximum atomic E-state index is 12.5. The van der Waals surface area contributed by atoms with E-state index in [0.717, 1.165) is 29.7 Å². The van der Waals surface area contributed by atoms with Crippen LogP contribution in [0.1, 0.15) is 6.42 Å². The number of halogens is 2. The number of pyridine rings is 1. The Labute approximate surface area is 178 Å². The van der Waals surface area contributed by atoms with Gasteiger partial charge in [0.15, 0.2) is 0 Å². The maximum Gasteiger partial charge on any atom is 0.243 e. The summed E-state index contributed by atoms with van der Waals surface area (Å²) < 4.78 is 0. The molecule has 2 heterocycles. The number of carbonyl (C=O) groups excluding carboxylic acids is 1. The highest BCUT2D eigenvalue weighted by molar-refractivity contribution is 6.35. The van der Waals surface area contributed by atoms with Crippen LogP contribution < -0.4 is 15.5 Å². The number of hydrogen-bond donors (Lipinski definition) is 3. The van der Waals surface area contributed by atoms with Crippen LogP contribution >= 0.6 is 23.2 Å². The van der Waals surface area contributed by atoms with Gasteiger partial charge in [0.05, 0.1) is 39.6 Å². The van der Waals surface area contributed by atoms with Crippen molar-refractivity contribution in [3.63, 3.8) is 0 Å². The fourth-order valence-corrected chi connectivity index (χ4v) is 3.80. The summed E-state index contributed by atoms with van der Waals surface area (Å²) in [5, 5.41) is 17.4. The number of para-hydroxylation sites is 1. The highest BCUT2D eigenvalue weighted by atomic mass is 35.5. The van der Waals surface area contributed by atoms with Crippen molar-refractivity contribution >= 4 is 57.2 Å². The molecule has 0 radical (unpaired) electrons. The van der Waals surface area contributed by atoms with Crippen LogP contribution in [0.2, 0.25) is 10.0 Å². The van der Waals surface area contributed by atoms with Gasteiger partial charge in [-0.2, -0.15) is 0 Å². The van der Waals surface area contributed by atoms with Crippen molar-refractivity contribution in [3.8, 4) is 0 Å². The second-order valence-electron chi connectivity index (χ2n) is 6.93. The normalized spacial score (nSPS) is 16.2. The molecule has 1 saturated heterocycles. The quantitative estimate of drug-likeness (QED) is 0.566. The number of carbonyl (C=O) groups is 1. The second kappa shape index (κ2) is 8.45. The van der Waals surface area contributed by atoms with E-state index >= 15 is 0 Å². The number of amides is 1. The zero-order chi connectivity index (χ0) is 20.4. The van der Waals surface area contributed by atoms with E-state index in [1.807, 2.05) is 35.2 Å². The maximum absolute atomic E-state index is 12.5. The molecule has 0 bridgehead atoms. The molecule has 29 heavy (non-hydrogen) atoms. The Bertz CT molecular complexity index is 1060. The molecule has 2 aromatic carbocycles. The lowest BCUT2D eigenvalue weighted by atomic mass is 10.1. The third-order valence-electron chi connectivity index (χ3n) is 4.87. The largest absolute Gasteiger partial charge is 0.391 e. The average Bonchev–Trinajstić information content (AvgIpc) is 3.15. The second-order valence-corrected chi connectivity index (χ2v) is 7.74. The molecule has 0 saturated carbocycles. The predicted octanol–water partition coefficient (Wildman–Crippen LogP) is 4.16.